The van der Waals surface area contributed by atoms with Crippen molar-refractivity contribution in [2.24, 2.45) is 5.92 Å². The second kappa shape index (κ2) is 8.44. The van der Waals surface area contributed by atoms with E-state index in [-0.39, 0.29) is 5.82 Å². The molecule has 1 aliphatic heterocycles. The third-order valence-corrected chi connectivity index (χ3v) is 6.65. The van der Waals surface area contributed by atoms with Crippen LogP contribution < -0.4 is 4.90 Å². The third kappa shape index (κ3) is 4.44. The highest BCUT2D eigenvalue weighted by Gasteiger charge is 2.21. The summed E-state index contributed by atoms with van der Waals surface area (Å²) in [6.45, 7) is 6.16. The van der Waals surface area contributed by atoms with Crippen LogP contribution in [0.3, 0.4) is 0 Å². The molecule has 146 valence electrons. The maximum Gasteiger partial charge on any atom is 0.126 e. The molecule has 4 rings (SSSR count). The molecule has 1 fully saturated rings. The van der Waals surface area contributed by atoms with Gasteiger partial charge in [0.15, 0.2) is 0 Å². The van der Waals surface area contributed by atoms with Gasteiger partial charge in [-0.05, 0) is 80.2 Å². The summed E-state index contributed by atoms with van der Waals surface area (Å²) >= 11 is 1.61. The molecule has 2 aromatic carbocycles. The van der Waals surface area contributed by atoms with Gasteiger partial charge in [-0.25, -0.2) is 4.39 Å². The summed E-state index contributed by atoms with van der Waals surface area (Å²) < 4.78 is 18.1. The lowest BCUT2D eigenvalue weighted by Gasteiger charge is -2.32. The number of anilines is 1. The van der Waals surface area contributed by atoms with Crippen molar-refractivity contribution in [3.8, 4) is 11.3 Å². The topological polar surface area (TPSA) is 16.1 Å². The van der Waals surface area contributed by atoms with E-state index in [4.69, 9.17) is 0 Å². The molecule has 0 bridgehead atoms. The number of rotatable bonds is 5. The average molecular weight is 395 g/mol. The fraction of sp³-hybridized carbons (Fsp3) is 0.375. The van der Waals surface area contributed by atoms with Crippen LogP contribution in [0.1, 0.15) is 36.0 Å². The highest BCUT2D eigenvalue weighted by atomic mass is 32.1. The number of halogens is 1. The first-order valence-corrected chi connectivity index (χ1v) is 10.9. The van der Waals surface area contributed by atoms with E-state index in [0.717, 1.165) is 36.7 Å². The lowest BCUT2D eigenvalue weighted by atomic mass is 9.90. The molecule has 0 atom stereocenters. The molecule has 0 radical (unpaired) electrons. The number of hydrogen-bond acceptors (Lipinski definition) is 3. The summed E-state index contributed by atoms with van der Waals surface area (Å²) in [5.41, 5.74) is 5.56. The summed E-state index contributed by atoms with van der Waals surface area (Å²) in [5.74, 6) is 0.650. The molecule has 0 unspecified atom stereocenters. The number of benzene rings is 2. The van der Waals surface area contributed by atoms with Gasteiger partial charge in [0, 0.05) is 24.7 Å². The van der Waals surface area contributed by atoms with E-state index in [2.05, 4.69) is 46.5 Å². The molecule has 1 aliphatic rings. The van der Waals surface area contributed by atoms with Crippen molar-refractivity contribution >= 4 is 16.5 Å². The molecule has 0 amide bonds. The normalized spacial score (nSPS) is 15.2. The standard InChI is InChI=1S/C24H27FN2S/c1-17-4-3-5-21(14-17)23-16-24(28-26-23)27-12-10-19(11-13-27)6-7-20-8-9-22(25)18(2)15-20/h3-5,8-9,14-16,19H,6-7,10-13H2,1-2H3. The van der Waals surface area contributed by atoms with Gasteiger partial charge in [0.05, 0.1) is 5.69 Å². The maximum atomic E-state index is 13.4. The second-order valence-corrected chi connectivity index (χ2v) is 8.76. The zero-order chi connectivity index (χ0) is 19.5. The Hall–Kier alpha value is -2.20. The van der Waals surface area contributed by atoms with Crippen LogP contribution in [-0.2, 0) is 6.42 Å². The van der Waals surface area contributed by atoms with E-state index in [1.165, 1.54) is 41.0 Å². The van der Waals surface area contributed by atoms with Crippen LogP contribution in [0, 0.1) is 25.6 Å². The molecule has 0 spiro atoms. The lowest BCUT2D eigenvalue weighted by Crippen LogP contribution is -2.33. The Morgan fingerprint density at radius 1 is 1.07 bits per heavy atom. The molecule has 0 saturated carbocycles. The third-order valence-electron chi connectivity index (χ3n) is 5.80. The fourth-order valence-electron chi connectivity index (χ4n) is 4.03. The predicted octanol–water partition coefficient (Wildman–Crippen LogP) is 6.42. The molecule has 2 nitrogen and oxygen atoms in total. The fourth-order valence-corrected chi connectivity index (χ4v) is 4.84. The molecular formula is C24H27FN2S. The molecule has 0 aliphatic carbocycles. The molecule has 4 heteroatoms. The van der Waals surface area contributed by atoms with E-state index in [1.54, 1.807) is 17.6 Å². The van der Waals surface area contributed by atoms with Crippen LogP contribution in [0.5, 0.6) is 0 Å². The first-order chi connectivity index (χ1) is 13.6. The van der Waals surface area contributed by atoms with Crippen molar-refractivity contribution in [2.45, 2.75) is 39.5 Å². The lowest BCUT2D eigenvalue weighted by molar-refractivity contribution is 0.383. The van der Waals surface area contributed by atoms with Gasteiger partial charge in [0.1, 0.15) is 10.8 Å². The van der Waals surface area contributed by atoms with Crippen molar-refractivity contribution in [3.63, 3.8) is 0 Å². The summed E-state index contributed by atoms with van der Waals surface area (Å²) in [6, 6.07) is 16.3. The maximum absolute atomic E-state index is 13.4. The van der Waals surface area contributed by atoms with Crippen LogP contribution in [0.15, 0.2) is 48.5 Å². The zero-order valence-electron chi connectivity index (χ0n) is 16.6. The summed E-state index contributed by atoms with van der Waals surface area (Å²) in [5, 5.41) is 1.28. The van der Waals surface area contributed by atoms with Gasteiger partial charge >= 0.3 is 0 Å². The van der Waals surface area contributed by atoms with Gasteiger partial charge < -0.3 is 4.90 Å². The Balaban J connectivity index is 1.31. The van der Waals surface area contributed by atoms with Crippen LogP contribution in [0.25, 0.3) is 11.3 Å². The Morgan fingerprint density at radius 2 is 1.89 bits per heavy atom. The summed E-state index contributed by atoms with van der Waals surface area (Å²) in [7, 11) is 0. The first-order valence-electron chi connectivity index (χ1n) is 10.1. The van der Waals surface area contributed by atoms with E-state index in [1.807, 2.05) is 19.1 Å². The molecule has 0 N–H and O–H groups in total. The van der Waals surface area contributed by atoms with E-state index in [9.17, 15) is 4.39 Å². The van der Waals surface area contributed by atoms with E-state index in [0.29, 0.717) is 0 Å². The molecule has 1 saturated heterocycles. The highest BCUT2D eigenvalue weighted by molar-refractivity contribution is 7.10. The SMILES string of the molecule is Cc1cccc(-c2cc(N3CCC(CCc4ccc(F)c(C)c4)CC3)sn2)c1. The van der Waals surface area contributed by atoms with Gasteiger partial charge in [-0.15, -0.1) is 0 Å². The minimum Gasteiger partial charge on any atom is -0.362 e. The minimum absolute atomic E-state index is 0.105. The summed E-state index contributed by atoms with van der Waals surface area (Å²) in [4.78, 5) is 2.48. The number of aryl methyl sites for hydroxylation is 3. The average Bonchev–Trinajstić information content (AvgIpc) is 3.20. The van der Waals surface area contributed by atoms with Crippen molar-refractivity contribution in [3.05, 3.63) is 71.0 Å². The van der Waals surface area contributed by atoms with Gasteiger partial charge in [0.25, 0.3) is 0 Å². The van der Waals surface area contributed by atoms with E-state index < -0.39 is 0 Å². The number of nitrogens with zero attached hydrogens (tertiary/aromatic N) is 2. The van der Waals surface area contributed by atoms with Crippen LogP contribution in [0.4, 0.5) is 9.39 Å². The van der Waals surface area contributed by atoms with Gasteiger partial charge in [-0.1, -0.05) is 35.9 Å². The number of piperidine rings is 1. The Bertz CT molecular complexity index is 941. The van der Waals surface area contributed by atoms with Crippen LogP contribution >= 0.6 is 11.5 Å². The van der Waals surface area contributed by atoms with Crippen LogP contribution in [0.2, 0.25) is 0 Å². The smallest absolute Gasteiger partial charge is 0.126 e. The number of aromatic nitrogens is 1. The first kappa shape index (κ1) is 19.1. The van der Waals surface area contributed by atoms with Crippen molar-refractivity contribution < 1.29 is 4.39 Å². The number of hydrogen-bond donors (Lipinski definition) is 0. The highest BCUT2D eigenvalue weighted by Crippen LogP contribution is 2.32. The monoisotopic (exact) mass is 394 g/mol. The molecule has 3 aromatic rings. The minimum atomic E-state index is -0.105. The van der Waals surface area contributed by atoms with Crippen molar-refractivity contribution in [1.82, 2.24) is 4.37 Å². The molecular weight excluding hydrogens is 367 g/mol. The van der Waals surface area contributed by atoms with Crippen molar-refractivity contribution in [2.75, 3.05) is 18.0 Å². The van der Waals surface area contributed by atoms with Gasteiger partial charge in [-0.2, -0.15) is 4.37 Å². The van der Waals surface area contributed by atoms with Crippen molar-refractivity contribution in [1.29, 1.82) is 0 Å². The van der Waals surface area contributed by atoms with Gasteiger partial charge in [0.2, 0.25) is 0 Å². The second-order valence-electron chi connectivity index (χ2n) is 7.97. The Labute approximate surface area is 171 Å². The van der Waals surface area contributed by atoms with E-state index >= 15 is 0 Å². The van der Waals surface area contributed by atoms with Gasteiger partial charge in [-0.3, -0.25) is 0 Å². The quantitative estimate of drug-likeness (QED) is 0.497. The molecule has 28 heavy (non-hydrogen) atoms. The Morgan fingerprint density at radius 3 is 2.64 bits per heavy atom. The largest absolute Gasteiger partial charge is 0.362 e. The van der Waals surface area contributed by atoms with Crippen LogP contribution in [-0.4, -0.2) is 17.5 Å². The molecule has 2 heterocycles. The predicted molar refractivity (Wildman–Crippen MR) is 117 cm³/mol. The molecule has 1 aromatic heterocycles. The zero-order valence-corrected chi connectivity index (χ0v) is 17.4. The Kier molecular flexibility index (Phi) is 5.77. The summed E-state index contributed by atoms with van der Waals surface area (Å²) in [6.07, 6.45) is 4.68.